The van der Waals surface area contributed by atoms with Gasteiger partial charge in [-0.1, -0.05) is 12.1 Å². The summed E-state index contributed by atoms with van der Waals surface area (Å²) >= 11 is 0. The number of aryl methyl sites for hydroxylation is 1. The monoisotopic (exact) mass is 246 g/mol. The van der Waals surface area contributed by atoms with Crippen molar-refractivity contribution in [3.05, 3.63) is 35.1 Å². The molecule has 0 aliphatic rings. The van der Waals surface area contributed by atoms with E-state index in [9.17, 15) is 9.18 Å². The Morgan fingerprint density at radius 2 is 2.19 bits per heavy atom. The minimum Gasteiger partial charge on any atom is -0.351 e. The first kappa shape index (κ1) is 14.9. The molecule has 1 rings (SSSR count). The number of nitrogens with one attached hydrogen (secondary N) is 1. The molecule has 0 fully saturated rings. The van der Waals surface area contributed by atoms with Crippen LogP contribution in [0, 0.1) is 12.7 Å². The third kappa shape index (κ3) is 4.16. The zero-order valence-electron chi connectivity index (χ0n) is 9.29. The number of carbonyl (C=O) groups excluding carboxylic acids is 1. The van der Waals surface area contributed by atoms with Crippen LogP contribution in [0.1, 0.15) is 18.1 Å². The van der Waals surface area contributed by atoms with Gasteiger partial charge in [-0.3, -0.25) is 4.79 Å². The second-order valence-electron chi connectivity index (χ2n) is 3.59. The number of hydrogen-bond donors (Lipinski definition) is 2. The van der Waals surface area contributed by atoms with Crippen molar-refractivity contribution >= 4 is 18.3 Å². The molecule has 0 saturated heterocycles. The summed E-state index contributed by atoms with van der Waals surface area (Å²) in [6.07, 6.45) is 0. The van der Waals surface area contributed by atoms with Crippen LogP contribution in [0.4, 0.5) is 4.39 Å². The topological polar surface area (TPSA) is 55.1 Å². The second-order valence-corrected chi connectivity index (χ2v) is 3.59. The van der Waals surface area contributed by atoms with Crippen molar-refractivity contribution in [1.29, 1.82) is 0 Å². The zero-order chi connectivity index (χ0) is 11.4. The van der Waals surface area contributed by atoms with Crippen molar-refractivity contribution in [3.8, 4) is 0 Å². The lowest BCUT2D eigenvalue weighted by Gasteiger charge is -2.08. The van der Waals surface area contributed by atoms with Crippen molar-refractivity contribution in [3.63, 3.8) is 0 Å². The average Bonchev–Trinajstić information content (AvgIpc) is 2.19. The largest absolute Gasteiger partial charge is 0.351 e. The Labute approximate surface area is 101 Å². The number of rotatable bonds is 3. The molecule has 0 aliphatic carbocycles. The number of amides is 1. The minimum atomic E-state index is -0.522. The normalized spacial score (nSPS) is 11.5. The minimum absolute atomic E-state index is 0. The molecule has 0 spiro atoms. The molecule has 90 valence electrons. The quantitative estimate of drug-likeness (QED) is 0.850. The average molecular weight is 247 g/mol. The van der Waals surface area contributed by atoms with Gasteiger partial charge in [0.25, 0.3) is 0 Å². The van der Waals surface area contributed by atoms with Crippen LogP contribution in [0.3, 0.4) is 0 Å². The van der Waals surface area contributed by atoms with E-state index in [1.807, 2.05) is 0 Å². The van der Waals surface area contributed by atoms with E-state index < -0.39 is 6.04 Å². The van der Waals surface area contributed by atoms with Gasteiger partial charge in [0.15, 0.2) is 0 Å². The molecule has 1 aromatic carbocycles. The molecule has 1 atom stereocenters. The van der Waals surface area contributed by atoms with E-state index in [0.29, 0.717) is 12.1 Å². The first-order chi connectivity index (χ1) is 7.00. The molecular formula is C11H16ClFN2O. The number of carbonyl (C=O) groups is 1. The summed E-state index contributed by atoms with van der Waals surface area (Å²) in [4.78, 5) is 11.2. The van der Waals surface area contributed by atoms with Gasteiger partial charge in [-0.25, -0.2) is 4.39 Å². The molecular weight excluding hydrogens is 231 g/mol. The fourth-order valence-corrected chi connectivity index (χ4v) is 1.17. The third-order valence-electron chi connectivity index (χ3n) is 2.10. The maximum absolute atomic E-state index is 12.9. The van der Waals surface area contributed by atoms with E-state index in [0.717, 1.165) is 5.56 Å². The van der Waals surface area contributed by atoms with Crippen LogP contribution in [0.2, 0.25) is 0 Å². The Morgan fingerprint density at radius 1 is 1.56 bits per heavy atom. The molecule has 0 unspecified atom stereocenters. The molecule has 3 N–H and O–H groups in total. The number of nitrogens with two attached hydrogens (primary N) is 1. The maximum Gasteiger partial charge on any atom is 0.236 e. The lowest BCUT2D eigenvalue weighted by Crippen LogP contribution is -2.37. The summed E-state index contributed by atoms with van der Waals surface area (Å²) in [6.45, 7) is 3.68. The van der Waals surface area contributed by atoms with E-state index in [1.165, 1.54) is 6.07 Å². The summed E-state index contributed by atoms with van der Waals surface area (Å²) in [6, 6.07) is 4.22. The van der Waals surface area contributed by atoms with Crippen molar-refractivity contribution in [1.82, 2.24) is 5.32 Å². The predicted molar refractivity (Wildman–Crippen MR) is 63.9 cm³/mol. The Kier molecular flexibility index (Phi) is 6.00. The van der Waals surface area contributed by atoms with Gasteiger partial charge in [0.1, 0.15) is 5.82 Å². The highest BCUT2D eigenvalue weighted by atomic mass is 35.5. The maximum atomic E-state index is 12.9. The Bertz CT molecular complexity index is 369. The number of halogens is 2. The molecule has 0 bridgehead atoms. The summed E-state index contributed by atoms with van der Waals surface area (Å²) in [5, 5.41) is 2.66. The standard InChI is InChI=1S/C11H15FN2O.ClH/c1-7-5-9(3-4-10(7)12)6-14-11(15)8(2)13;/h3-5,8H,6,13H2,1-2H3,(H,14,15);1H/t8-;/m1./s1. The van der Waals surface area contributed by atoms with Gasteiger partial charge in [-0.05, 0) is 31.0 Å². The first-order valence-electron chi connectivity index (χ1n) is 4.79. The van der Waals surface area contributed by atoms with Gasteiger partial charge in [0.05, 0.1) is 6.04 Å². The van der Waals surface area contributed by atoms with Crippen LogP contribution >= 0.6 is 12.4 Å². The van der Waals surface area contributed by atoms with Gasteiger partial charge in [0.2, 0.25) is 5.91 Å². The molecule has 0 aliphatic heterocycles. The molecule has 1 aromatic rings. The van der Waals surface area contributed by atoms with Crippen molar-refractivity contribution in [2.24, 2.45) is 5.73 Å². The van der Waals surface area contributed by atoms with Gasteiger partial charge >= 0.3 is 0 Å². The predicted octanol–water partition coefficient (Wildman–Crippen LogP) is 1.52. The highest BCUT2D eigenvalue weighted by Gasteiger charge is 2.06. The Balaban J connectivity index is 0.00000225. The molecule has 3 nitrogen and oxygen atoms in total. The summed E-state index contributed by atoms with van der Waals surface area (Å²) in [5.41, 5.74) is 6.82. The highest BCUT2D eigenvalue weighted by Crippen LogP contribution is 2.08. The molecule has 16 heavy (non-hydrogen) atoms. The Morgan fingerprint density at radius 3 is 2.69 bits per heavy atom. The zero-order valence-corrected chi connectivity index (χ0v) is 10.1. The first-order valence-corrected chi connectivity index (χ1v) is 4.79. The van der Waals surface area contributed by atoms with E-state index in [2.05, 4.69) is 5.32 Å². The summed E-state index contributed by atoms with van der Waals surface area (Å²) in [7, 11) is 0. The fourth-order valence-electron chi connectivity index (χ4n) is 1.17. The smallest absolute Gasteiger partial charge is 0.236 e. The van der Waals surface area contributed by atoms with Gasteiger partial charge in [-0.2, -0.15) is 0 Å². The molecule has 0 saturated carbocycles. The van der Waals surface area contributed by atoms with Crippen LogP contribution in [0.25, 0.3) is 0 Å². The van der Waals surface area contributed by atoms with Crippen LogP contribution in [-0.4, -0.2) is 11.9 Å². The molecule has 1 amide bonds. The second kappa shape index (κ2) is 6.45. The van der Waals surface area contributed by atoms with Crippen LogP contribution in [0.15, 0.2) is 18.2 Å². The third-order valence-corrected chi connectivity index (χ3v) is 2.10. The van der Waals surface area contributed by atoms with Crippen molar-refractivity contribution in [2.45, 2.75) is 26.4 Å². The van der Waals surface area contributed by atoms with Crippen molar-refractivity contribution in [2.75, 3.05) is 0 Å². The number of benzene rings is 1. The van der Waals surface area contributed by atoms with Crippen LogP contribution in [0.5, 0.6) is 0 Å². The fraction of sp³-hybridized carbons (Fsp3) is 0.364. The van der Waals surface area contributed by atoms with Gasteiger partial charge < -0.3 is 11.1 Å². The van der Waals surface area contributed by atoms with Gasteiger partial charge in [0, 0.05) is 6.54 Å². The van der Waals surface area contributed by atoms with Crippen LogP contribution < -0.4 is 11.1 Å². The Hall–Kier alpha value is -1.13. The lowest BCUT2D eigenvalue weighted by atomic mass is 10.1. The van der Waals surface area contributed by atoms with E-state index in [4.69, 9.17) is 5.73 Å². The molecule has 0 aromatic heterocycles. The highest BCUT2D eigenvalue weighted by molar-refractivity contribution is 5.85. The van der Waals surface area contributed by atoms with E-state index in [-0.39, 0.29) is 24.1 Å². The summed E-state index contributed by atoms with van der Waals surface area (Å²) in [5.74, 6) is -0.450. The van der Waals surface area contributed by atoms with Gasteiger partial charge in [-0.15, -0.1) is 12.4 Å². The van der Waals surface area contributed by atoms with E-state index >= 15 is 0 Å². The molecule has 0 radical (unpaired) electrons. The lowest BCUT2D eigenvalue weighted by molar-refractivity contribution is -0.122. The SMILES string of the molecule is Cc1cc(CNC(=O)[C@@H](C)N)ccc1F.Cl. The molecule has 0 heterocycles. The summed E-state index contributed by atoms with van der Waals surface area (Å²) < 4.78 is 12.9. The molecule has 5 heteroatoms. The number of hydrogen-bond acceptors (Lipinski definition) is 2. The van der Waals surface area contributed by atoms with Crippen molar-refractivity contribution < 1.29 is 9.18 Å². The van der Waals surface area contributed by atoms with E-state index in [1.54, 1.807) is 26.0 Å². The van der Waals surface area contributed by atoms with Crippen LogP contribution in [-0.2, 0) is 11.3 Å².